The number of aliphatic hydroxyl groups excluding tert-OH is 1. The first-order valence-electron chi connectivity index (χ1n) is 28.4. The lowest BCUT2D eigenvalue weighted by Crippen LogP contribution is -2.45. The number of hydrogen-bond acceptors (Lipinski definition) is 6. The van der Waals surface area contributed by atoms with Crippen LogP contribution in [0.2, 0.25) is 0 Å². The highest BCUT2D eigenvalue weighted by molar-refractivity contribution is 7.45. The van der Waals surface area contributed by atoms with Gasteiger partial charge in [-0.3, -0.25) is 9.36 Å². The zero-order valence-corrected chi connectivity index (χ0v) is 45.3. The molecule has 8 nitrogen and oxygen atoms in total. The fourth-order valence-corrected chi connectivity index (χ4v) is 9.08. The molecule has 0 heterocycles. The predicted molar refractivity (Wildman–Crippen MR) is 284 cm³/mol. The van der Waals surface area contributed by atoms with E-state index >= 15 is 0 Å². The van der Waals surface area contributed by atoms with Crippen LogP contribution >= 0.6 is 7.82 Å². The summed E-state index contributed by atoms with van der Waals surface area (Å²) < 4.78 is 23.3. The van der Waals surface area contributed by atoms with Gasteiger partial charge in [0.05, 0.1) is 39.9 Å². The number of hydrogen-bond donors (Lipinski definition) is 2. The maximum Gasteiger partial charge on any atom is 0.268 e. The molecule has 0 aromatic carbocycles. The first-order valence-corrected chi connectivity index (χ1v) is 29.8. The Kier molecular flexibility index (Phi) is 47.8. The van der Waals surface area contributed by atoms with Crippen LogP contribution in [0.4, 0.5) is 0 Å². The molecule has 0 rings (SSSR count). The van der Waals surface area contributed by atoms with Gasteiger partial charge in [-0.15, -0.1) is 0 Å². The first-order chi connectivity index (χ1) is 32.0. The van der Waals surface area contributed by atoms with E-state index in [1.807, 2.05) is 27.2 Å². The lowest BCUT2D eigenvalue weighted by Gasteiger charge is -2.29. The van der Waals surface area contributed by atoms with E-state index in [0.29, 0.717) is 17.4 Å². The quantitative estimate of drug-likeness (QED) is 0.0272. The van der Waals surface area contributed by atoms with Crippen LogP contribution in [0.5, 0.6) is 0 Å². The lowest BCUT2D eigenvalue weighted by atomic mass is 10.0. The van der Waals surface area contributed by atoms with Crippen LogP contribution in [-0.2, 0) is 18.4 Å². The number of nitrogens with one attached hydrogen (secondary N) is 1. The number of carbonyl (C=O) groups is 1. The van der Waals surface area contributed by atoms with E-state index < -0.39 is 20.0 Å². The second-order valence-electron chi connectivity index (χ2n) is 20.6. The molecule has 0 fully saturated rings. The minimum Gasteiger partial charge on any atom is -0.756 e. The average molecular weight is 951 g/mol. The molecule has 0 aromatic rings. The molecule has 0 saturated heterocycles. The molecule has 0 spiro atoms. The Labute approximate surface area is 410 Å². The molecule has 390 valence electrons. The van der Waals surface area contributed by atoms with Gasteiger partial charge in [0.1, 0.15) is 13.2 Å². The fourth-order valence-electron chi connectivity index (χ4n) is 8.36. The number of allylic oxidation sites excluding steroid dienone is 5. The zero-order valence-electron chi connectivity index (χ0n) is 44.4. The number of quaternary nitrogens is 1. The predicted octanol–water partition coefficient (Wildman–Crippen LogP) is 16.4. The van der Waals surface area contributed by atoms with Crippen LogP contribution in [0.3, 0.4) is 0 Å². The van der Waals surface area contributed by atoms with Crippen molar-refractivity contribution in [1.82, 2.24) is 5.32 Å². The first kappa shape index (κ1) is 64.7. The highest BCUT2D eigenvalue weighted by atomic mass is 31.2. The molecule has 0 aliphatic carbocycles. The number of carbonyl (C=O) groups excluding carboxylic acids is 1. The molecule has 9 heteroatoms. The summed E-state index contributed by atoms with van der Waals surface area (Å²) in [5, 5.41) is 13.9. The molecule has 66 heavy (non-hydrogen) atoms. The summed E-state index contributed by atoms with van der Waals surface area (Å²) in [6.07, 6.45) is 62.2. The largest absolute Gasteiger partial charge is 0.756 e. The van der Waals surface area contributed by atoms with Crippen LogP contribution in [0.1, 0.15) is 271 Å². The SMILES string of the molecule is CCCCC/C=C\C/C=C\CCCCCCCCCC(=O)NC(COP(=O)([O-])OCC[N+](C)(C)C)C(O)/C=C/CCCCCCCCCCCCCCCCCCCCCCCCCCC. The van der Waals surface area contributed by atoms with Crippen molar-refractivity contribution in [1.29, 1.82) is 0 Å². The Balaban J connectivity index is 4.19. The number of nitrogens with zero attached hydrogens (tertiary/aromatic N) is 1. The molecule has 0 aliphatic rings. The van der Waals surface area contributed by atoms with Crippen molar-refractivity contribution in [2.45, 2.75) is 283 Å². The van der Waals surface area contributed by atoms with Crippen LogP contribution in [0.25, 0.3) is 0 Å². The van der Waals surface area contributed by atoms with Crippen molar-refractivity contribution in [2.75, 3.05) is 40.9 Å². The summed E-state index contributed by atoms with van der Waals surface area (Å²) in [4.78, 5) is 25.5. The van der Waals surface area contributed by atoms with Gasteiger partial charge in [0.25, 0.3) is 7.82 Å². The third-order valence-corrected chi connectivity index (χ3v) is 13.8. The standard InChI is InChI=1S/C57H111N2O6P/c1-6-8-10-12-14-16-18-20-22-24-25-26-27-28-29-30-31-32-33-35-36-38-40-42-44-46-48-50-56(60)55(54-65-66(62,63)64-53-52-59(3,4)5)58-57(61)51-49-47-45-43-41-39-37-34-23-21-19-17-15-13-11-9-7-2/h15,17,21,23,48,50,55-56,60H,6-14,16,18-20,22,24-47,49,51-54H2,1-5H3,(H-,58,61,62,63)/b17-15-,23-21-,50-48+. The fraction of sp³-hybridized carbons (Fsp3) is 0.877. The molecule has 0 radical (unpaired) electrons. The average Bonchev–Trinajstić information content (AvgIpc) is 3.28. The van der Waals surface area contributed by atoms with Gasteiger partial charge < -0.3 is 28.8 Å². The molecule has 0 saturated carbocycles. The van der Waals surface area contributed by atoms with E-state index in [1.165, 1.54) is 199 Å². The summed E-state index contributed by atoms with van der Waals surface area (Å²) in [6.45, 7) is 4.64. The third-order valence-electron chi connectivity index (χ3n) is 12.8. The summed E-state index contributed by atoms with van der Waals surface area (Å²) in [6, 6.07) is -0.891. The summed E-state index contributed by atoms with van der Waals surface area (Å²) in [7, 11) is 1.26. The van der Waals surface area contributed by atoms with E-state index in [9.17, 15) is 19.4 Å². The maximum absolute atomic E-state index is 12.9. The summed E-state index contributed by atoms with van der Waals surface area (Å²) >= 11 is 0. The van der Waals surface area contributed by atoms with Crippen LogP contribution in [-0.4, -0.2) is 68.5 Å². The van der Waals surface area contributed by atoms with Gasteiger partial charge in [-0.1, -0.05) is 249 Å². The Morgan fingerprint density at radius 3 is 1.29 bits per heavy atom. The van der Waals surface area contributed by atoms with E-state index in [-0.39, 0.29) is 19.1 Å². The molecule has 0 aliphatic heterocycles. The number of unbranched alkanes of at least 4 members (excludes halogenated alkanes) is 35. The van der Waals surface area contributed by atoms with Gasteiger partial charge in [-0.2, -0.15) is 0 Å². The van der Waals surface area contributed by atoms with Crippen molar-refractivity contribution in [3.8, 4) is 0 Å². The lowest BCUT2D eigenvalue weighted by molar-refractivity contribution is -0.870. The van der Waals surface area contributed by atoms with Crippen molar-refractivity contribution < 1.29 is 32.9 Å². The normalized spacial score (nSPS) is 14.2. The van der Waals surface area contributed by atoms with Gasteiger partial charge >= 0.3 is 0 Å². The molecule has 3 unspecified atom stereocenters. The minimum absolute atomic E-state index is 0.00244. The molecule has 3 atom stereocenters. The minimum atomic E-state index is -4.60. The second-order valence-corrected chi connectivity index (χ2v) is 22.1. The number of rotatable bonds is 52. The van der Waals surface area contributed by atoms with Gasteiger partial charge in [-0.25, -0.2) is 0 Å². The number of likely N-dealkylation sites (N-methyl/N-ethyl adjacent to an activating group) is 1. The van der Waals surface area contributed by atoms with Crippen LogP contribution in [0.15, 0.2) is 36.5 Å². The van der Waals surface area contributed by atoms with Crippen molar-refractivity contribution in [3.63, 3.8) is 0 Å². The number of aliphatic hydroxyl groups is 1. The third kappa shape index (κ3) is 50.6. The van der Waals surface area contributed by atoms with Crippen molar-refractivity contribution in [2.24, 2.45) is 0 Å². The zero-order chi connectivity index (χ0) is 48.5. The van der Waals surface area contributed by atoms with E-state index in [4.69, 9.17) is 9.05 Å². The Morgan fingerprint density at radius 1 is 0.530 bits per heavy atom. The monoisotopic (exact) mass is 951 g/mol. The van der Waals surface area contributed by atoms with Gasteiger partial charge in [-0.05, 0) is 51.4 Å². The Morgan fingerprint density at radius 2 is 0.879 bits per heavy atom. The summed E-state index contributed by atoms with van der Waals surface area (Å²) in [5.74, 6) is -0.203. The Bertz CT molecular complexity index is 1170. The van der Waals surface area contributed by atoms with Crippen LogP contribution < -0.4 is 10.2 Å². The smallest absolute Gasteiger partial charge is 0.268 e. The summed E-state index contributed by atoms with van der Waals surface area (Å²) in [5.41, 5.74) is 0. The molecule has 1 amide bonds. The second kappa shape index (κ2) is 48.7. The van der Waals surface area contributed by atoms with E-state index in [0.717, 1.165) is 51.4 Å². The topological polar surface area (TPSA) is 108 Å². The maximum atomic E-state index is 12.9. The van der Waals surface area contributed by atoms with Gasteiger partial charge in [0, 0.05) is 6.42 Å². The highest BCUT2D eigenvalue weighted by Gasteiger charge is 2.23. The molecule has 2 N–H and O–H groups in total. The van der Waals surface area contributed by atoms with Gasteiger partial charge in [0.2, 0.25) is 5.91 Å². The molecular weight excluding hydrogens is 840 g/mol. The number of amides is 1. The highest BCUT2D eigenvalue weighted by Crippen LogP contribution is 2.38. The van der Waals surface area contributed by atoms with Crippen molar-refractivity contribution in [3.05, 3.63) is 36.5 Å². The van der Waals surface area contributed by atoms with E-state index in [1.54, 1.807) is 6.08 Å². The molecule has 0 bridgehead atoms. The molecule has 0 aromatic heterocycles. The van der Waals surface area contributed by atoms with Crippen molar-refractivity contribution >= 4 is 13.7 Å². The van der Waals surface area contributed by atoms with E-state index in [2.05, 4.69) is 43.5 Å². The number of phosphoric ester groups is 1. The van der Waals surface area contributed by atoms with Gasteiger partial charge in [0.15, 0.2) is 0 Å². The molecular formula is C57H111N2O6P. The van der Waals surface area contributed by atoms with Crippen LogP contribution in [0, 0.1) is 0 Å². The number of phosphoric acid groups is 1. The Hall–Kier alpha value is -1.28.